The average Bonchev–Trinajstić information content (AvgIpc) is 1.90. The maximum atomic E-state index is 11.7. The smallest absolute Gasteiger partial charge is 0.159 e. The molecule has 0 spiro atoms. The Hall–Kier alpha value is -0.510. The molecule has 0 N–H and O–H groups in total. The van der Waals surface area contributed by atoms with Crippen LogP contribution in [-0.4, -0.2) is 9.97 Å². The SMILES string of the molecule is FCc1ncc(Br)cn1. The third-order valence-corrected chi connectivity index (χ3v) is 1.20. The Balaban J connectivity index is 2.88. The van der Waals surface area contributed by atoms with E-state index in [1.165, 1.54) is 12.4 Å². The second-order valence-electron chi connectivity index (χ2n) is 1.45. The lowest BCUT2D eigenvalue weighted by molar-refractivity contribution is 0.465. The molecule has 0 fully saturated rings. The normalized spacial score (nSPS) is 9.56. The summed E-state index contributed by atoms with van der Waals surface area (Å²) in [5.74, 6) is 0.221. The lowest BCUT2D eigenvalue weighted by Crippen LogP contribution is -1.88. The lowest BCUT2D eigenvalue weighted by atomic mass is 10.6. The third kappa shape index (κ3) is 1.71. The van der Waals surface area contributed by atoms with Gasteiger partial charge in [0.15, 0.2) is 5.82 Å². The van der Waals surface area contributed by atoms with Crippen LogP contribution in [0, 0.1) is 0 Å². The van der Waals surface area contributed by atoms with Crippen molar-refractivity contribution in [1.82, 2.24) is 9.97 Å². The summed E-state index contributed by atoms with van der Waals surface area (Å²) in [6.45, 7) is -0.604. The summed E-state index contributed by atoms with van der Waals surface area (Å²) in [5.41, 5.74) is 0. The molecule has 0 saturated carbocycles. The van der Waals surface area contributed by atoms with Crippen molar-refractivity contribution in [2.75, 3.05) is 0 Å². The molecule has 4 heteroatoms. The molecule has 0 aromatic carbocycles. The van der Waals surface area contributed by atoms with E-state index in [-0.39, 0.29) is 5.82 Å². The monoisotopic (exact) mass is 190 g/mol. The first-order chi connectivity index (χ1) is 4.33. The number of hydrogen-bond donors (Lipinski definition) is 0. The molecular weight excluding hydrogens is 187 g/mol. The minimum atomic E-state index is -0.604. The van der Waals surface area contributed by atoms with Crippen molar-refractivity contribution >= 4 is 15.9 Å². The highest BCUT2D eigenvalue weighted by atomic mass is 79.9. The van der Waals surface area contributed by atoms with Gasteiger partial charge >= 0.3 is 0 Å². The Morgan fingerprint density at radius 3 is 2.44 bits per heavy atom. The molecule has 2 nitrogen and oxygen atoms in total. The topological polar surface area (TPSA) is 25.8 Å². The quantitative estimate of drug-likeness (QED) is 0.675. The molecule has 0 unspecified atom stereocenters. The molecule has 1 aromatic rings. The van der Waals surface area contributed by atoms with Crippen LogP contribution in [0.15, 0.2) is 16.9 Å². The van der Waals surface area contributed by atoms with Gasteiger partial charge in [-0.05, 0) is 15.9 Å². The van der Waals surface area contributed by atoms with Crippen molar-refractivity contribution in [2.24, 2.45) is 0 Å². The molecule has 0 saturated heterocycles. The van der Waals surface area contributed by atoms with E-state index in [1.807, 2.05) is 0 Å². The molecule has 9 heavy (non-hydrogen) atoms. The van der Waals surface area contributed by atoms with E-state index >= 15 is 0 Å². The Morgan fingerprint density at radius 1 is 1.44 bits per heavy atom. The minimum Gasteiger partial charge on any atom is -0.242 e. The fourth-order valence-electron chi connectivity index (χ4n) is 0.408. The van der Waals surface area contributed by atoms with E-state index < -0.39 is 6.67 Å². The highest BCUT2D eigenvalue weighted by Gasteiger charge is 1.91. The van der Waals surface area contributed by atoms with Crippen LogP contribution in [0.3, 0.4) is 0 Å². The van der Waals surface area contributed by atoms with Gasteiger partial charge in [-0.15, -0.1) is 0 Å². The van der Waals surface area contributed by atoms with Crippen molar-refractivity contribution in [3.8, 4) is 0 Å². The maximum absolute atomic E-state index is 11.7. The van der Waals surface area contributed by atoms with E-state index in [9.17, 15) is 4.39 Å². The average molecular weight is 191 g/mol. The van der Waals surface area contributed by atoms with Gasteiger partial charge in [0, 0.05) is 12.4 Å². The predicted molar refractivity (Wildman–Crippen MR) is 34.5 cm³/mol. The van der Waals surface area contributed by atoms with Crippen molar-refractivity contribution in [2.45, 2.75) is 6.67 Å². The molecule has 1 heterocycles. The zero-order valence-electron chi connectivity index (χ0n) is 4.51. The van der Waals surface area contributed by atoms with Crippen LogP contribution in [0.2, 0.25) is 0 Å². The van der Waals surface area contributed by atoms with Crippen molar-refractivity contribution in [3.63, 3.8) is 0 Å². The number of hydrogen-bond acceptors (Lipinski definition) is 2. The molecule has 0 radical (unpaired) electrons. The van der Waals surface area contributed by atoms with Gasteiger partial charge in [-0.3, -0.25) is 0 Å². The standard InChI is InChI=1S/C5H4BrFN2/c6-4-2-8-5(1-7)9-3-4/h2-3H,1H2. The Labute approximate surface area is 60.3 Å². The van der Waals surface area contributed by atoms with Gasteiger partial charge in [0.1, 0.15) is 6.67 Å². The molecule has 0 aliphatic carbocycles. The zero-order chi connectivity index (χ0) is 6.69. The van der Waals surface area contributed by atoms with Crippen LogP contribution in [0.5, 0.6) is 0 Å². The number of aromatic nitrogens is 2. The fourth-order valence-corrected chi connectivity index (χ4v) is 0.613. The Kier molecular flexibility index (Phi) is 2.10. The van der Waals surface area contributed by atoms with Crippen LogP contribution in [-0.2, 0) is 6.67 Å². The summed E-state index contributed by atoms with van der Waals surface area (Å²) in [6.07, 6.45) is 3.03. The predicted octanol–water partition coefficient (Wildman–Crippen LogP) is 1.71. The summed E-state index contributed by atoms with van der Waals surface area (Å²) < 4.78 is 12.5. The first-order valence-electron chi connectivity index (χ1n) is 2.35. The van der Waals surface area contributed by atoms with Crippen molar-refractivity contribution in [3.05, 3.63) is 22.7 Å². The van der Waals surface area contributed by atoms with Crippen LogP contribution in [0.25, 0.3) is 0 Å². The summed E-state index contributed by atoms with van der Waals surface area (Å²) >= 11 is 3.13. The van der Waals surface area contributed by atoms with Gasteiger partial charge in [-0.25, -0.2) is 14.4 Å². The van der Waals surface area contributed by atoms with E-state index in [2.05, 4.69) is 25.9 Å². The van der Waals surface area contributed by atoms with Crippen LogP contribution in [0.1, 0.15) is 5.82 Å². The van der Waals surface area contributed by atoms with Crippen LogP contribution < -0.4 is 0 Å². The van der Waals surface area contributed by atoms with Gasteiger partial charge < -0.3 is 0 Å². The highest BCUT2D eigenvalue weighted by molar-refractivity contribution is 9.10. The Bertz CT molecular complexity index is 187. The van der Waals surface area contributed by atoms with Gasteiger partial charge in [-0.1, -0.05) is 0 Å². The highest BCUT2D eigenvalue weighted by Crippen LogP contribution is 2.04. The van der Waals surface area contributed by atoms with E-state index in [1.54, 1.807) is 0 Å². The second kappa shape index (κ2) is 2.87. The van der Waals surface area contributed by atoms with E-state index in [0.29, 0.717) is 0 Å². The minimum absolute atomic E-state index is 0.221. The lowest BCUT2D eigenvalue weighted by Gasteiger charge is -1.89. The van der Waals surface area contributed by atoms with Crippen molar-refractivity contribution < 1.29 is 4.39 Å². The zero-order valence-corrected chi connectivity index (χ0v) is 6.10. The summed E-state index contributed by atoms with van der Waals surface area (Å²) in [7, 11) is 0. The number of rotatable bonds is 1. The fraction of sp³-hybridized carbons (Fsp3) is 0.200. The summed E-state index contributed by atoms with van der Waals surface area (Å²) in [4.78, 5) is 7.33. The largest absolute Gasteiger partial charge is 0.242 e. The first kappa shape index (κ1) is 6.61. The molecule has 0 amide bonds. The molecule has 0 bridgehead atoms. The third-order valence-electron chi connectivity index (χ3n) is 0.793. The van der Waals surface area contributed by atoms with E-state index in [0.717, 1.165) is 4.47 Å². The van der Waals surface area contributed by atoms with E-state index in [4.69, 9.17) is 0 Å². The van der Waals surface area contributed by atoms with Gasteiger partial charge in [0.05, 0.1) is 4.47 Å². The number of alkyl halides is 1. The molecule has 0 atom stereocenters. The molecule has 1 rings (SSSR count). The molecule has 0 aliphatic heterocycles. The van der Waals surface area contributed by atoms with Gasteiger partial charge in [-0.2, -0.15) is 0 Å². The number of halogens is 2. The van der Waals surface area contributed by atoms with Gasteiger partial charge in [0.2, 0.25) is 0 Å². The molecule has 1 aromatic heterocycles. The van der Waals surface area contributed by atoms with Gasteiger partial charge in [0.25, 0.3) is 0 Å². The second-order valence-corrected chi connectivity index (χ2v) is 2.37. The maximum Gasteiger partial charge on any atom is 0.159 e. The first-order valence-corrected chi connectivity index (χ1v) is 3.14. The molecular formula is C5H4BrFN2. The summed E-state index contributed by atoms with van der Waals surface area (Å²) in [6, 6.07) is 0. The summed E-state index contributed by atoms with van der Waals surface area (Å²) in [5, 5.41) is 0. The van der Waals surface area contributed by atoms with Crippen molar-refractivity contribution in [1.29, 1.82) is 0 Å². The molecule has 0 aliphatic rings. The Morgan fingerprint density at radius 2 is 2.00 bits per heavy atom. The number of nitrogens with zero attached hydrogens (tertiary/aromatic N) is 2. The van der Waals surface area contributed by atoms with Crippen LogP contribution in [0.4, 0.5) is 4.39 Å². The van der Waals surface area contributed by atoms with Crippen LogP contribution >= 0.6 is 15.9 Å². The molecule has 48 valence electrons.